The van der Waals surface area contributed by atoms with Gasteiger partial charge in [-0.1, -0.05) is 13.8 Å². The zero-order chi connectivity index (χ0) is 9.47. The Morgan fingerprint density at radius 2 is 2.38 bits per heavy atom. The van der Waals surface area contributed by atoms with Crippen LogP contribution in [0, 0.1) is 5.41 Å². The molecular weight excluding hydrogens is 180 g/mol. The number of thiophene rings is 1. The maximum atomic E-state index is 5.79. The second-order valence-corrected chi connectivity index (χ2v) is 5.43. The lowest BCUT2D eigenvalue weighted by molar-refractivity contribution is 0.544. The van der Waals surface area contributed by atoms with Gasteiger partial charge in [-0.15, -0.1) is 11.3 Å². The lowest BCUT2D eigenvalue weighted by Crippen LogP contribution is -2.19. The van der Waals surface area contributed by atoms with E-state index in [1.54, 1.807) is 11.3 Å². The van der Waals surface area contributed by atoms with Crippen LogP contribution < -0.4 is 11.1 Å². The molecule has 3 N–H and O–H groups in total. The van der Waals surface area contributed by atoms with Gasteiger partial charge in [0.15, 0.2) is 0 Å². The molecule has 0 spiro atoms. The van der Waals surface area contributed by atoms with Gasteiger partial charge in [-0.3, -0.25) is 0 Å². The Morgan fingerprint density at radius 1 is 1.69 bits per heavy atom. The zero-order valence-electron chi connectivity index (χ0n) is 8.13. The molecule has 1 aromatic heterocycles. The third-order valence-corrected chi connectivity index (χ3v) is 3.74. The fourth-order valence-electron chi connectivity index (χ4n) is 1.53. The Morgan fingerprint density at radius 3 is 2.85 bits per heavy atom. The van der Waals surface area contributed by atoms with Gasteiger partial charge in [-0.25, -0.2) is 0 Å². The number of nitrogens with one attached hydrogen (secondary N) is 1. The van der Waals surface area contributed by atoms with E-state index in [-0.39, 0.29) is 0 Å². The summed E-state index contributed by atoms with van der Waals surface area (Å²) in [7, 11) is 0. The summed E-state index contributed by atoms with van der Waals surface area (Å²) in [6.45, 7) is 5.52. The van der Waals surface area contributed by atoms with Gasteiger partial charge in [0, 0.05) is 23.2 Å². The first kappa shape index (κ1) is 9.03. The summed E-state index contributed by atoms with van der Waals surface area (Å²) in [5.41, 5.74) is 7.22. The van der Waals surface area contributed by atoms with Crippen LogP contribution in [0.4, 0.5) is 5.69 Å². The predicted octanol–water partition coefficient (Wildman–Crippen LogP) is 2.22. The number of anilines is 1. The maximum absolute atomic E-state index is 5.79. The maximum Gasteiger partial charge on any atom is 0.0468 e. The number of hydrogen-bond acceptors (Lipinski definition) is 3. The van der Waals surface area contributed by atoms with Crippen LogP contribution in [-0.2, 0) is 6.54 Å². The first-order valence-electron chi connectivity index (χ1n) is 4.65. The van der Waals surface area contributed by atoms with E-state index in [2.05, 4.69) is 19.2 Å². The van der Waals surface area contributed by atoms with E-state index in [9.17, 15) is 0 Å². The van der Waals surface area contributed by atoms with Gasteiger partial charge in [-0.2, -0.15) is 0 Å². The highest BCUT2D eigenvalue weighted by Crippen LogP contribution is 2.44. The van der Waals surface area contributed by atoms with Gasteiger partial charge in [0.05, 0.1) is 0 Å². The van der Waals surface area contributed by atoms with Crippen LogP contribution in [0.2, 0.25) is 0 Å². The molecule has 3 heteroatoms. The molecule has 0 saturated heterocycles. The number of rotatable bonds is 3. The molecule has 0 bridgehead atoms. The summed E-state index contributed by atoms with van der Waals surface area (Å²) >= 11 is 1.73. The Bertz CT molecular complexity index is 304. The minimum Gasteiger partial charge on any atom is -0.398 e. The standard InChI is InChI=1S/C10H16N2S/c1-10(2)5-9(10)12-6-8-7(11)3-4-13-8/h3-4,9,12H,5-6,11H2,1-2H3. The van der Waals surface area contributed by atoms with Gasteiger partial charge in [0.25, 0.3) is 0 Å². The third-order valence-electron chi connectivity index (χ3n) is 2.80. The van der Waals surface area contributed by atoms with Crippen LogP contribution in [0.25, 0.3) is 0 Å². The van der Waals surface area contributed by atoms with E-state index in [0.29, 0.717) is 11.5 Å². The van der Waals surface area contributed by atoms with Gasteiger partial charge in [0.2, 0.25) is 0 Å². The summed E-state index contributed by atoms with van der Waals surface area (Å²) < 4.78 is 0. The minimum absolute atomic E-state index is 0.506. The SMILES string of the molecule is CC1(C)CC1NCc1sccc1N. The highest BCUT2D eigenvalue weighted by molar-refractivity contribution is 7.10. The van der Waals surface area contributed by atoms with E-state index in [0.717, 1.165) is 12.2 Å². The van der Waals surface area contributed by atoms with E-state index in [1.807, 2.05) is 11.4 Å². The fraction of sp³-hybridized carbons (Fsp3) is 0.600. The third kappa shape index (κ3) is 1.86. The Kier molecular flexibility index (Phi) is 2.08. The zero-order valence-corrected chi connectivity index (χ0v) is 8.95. The molecule has 72 valence electrons. The molecule has 0 amide bonds. The highest BCUT2D eigenvalue weighted by Gasteiger charge is 2.45. The molecular formula is C10H16N2S. The van der Waals surface area contributed by atoms with E-state index >= 15 is 0 Å². The smallest absolute Gasteiger partial charge is 0.0468 e. The normalized spacial score (nSPS) is 24.6. The Labute approximate surface area is 83.1 Å². The second kappa shape index (κ2) is 3.00. The Hall–Kier alpha value is -0.540. The van der Waals surface area contributed by atoms with Crippen molar-refractivity contribution in [2.45, 2.75) is 32.9 Å². The summed E-state index contributed by atoms with van der Waals surface area (Å²) in [6, 6.07) is 2.66. The molecule has 0 aromatic carbocycles. The first-order chi connectivity index (χ1) is 6.09. The number of nitrogens with two attached hydrogens (primary N) is 1. The van der Waals surface area contributed by atoms with Crippen molar-refractivity contribution in [3.63, 3.8) is 0 Å². The largest absolute Gasteiger partial charge is 0.398 e. The molecule has 1 aliphatic carbocycles. The monoisotopic (exact) mass is 196 g/mol. The molecule has 1 saturated carbocycles. The van der Waals surface area contributed by atoms with Crippen molar-refractivity contribution in [1.29, 1.82) is 0 Å². The minimum atomic E-state index is 0.506. The predicted molar refractivity (Wildman–Crippen MR) is 57.8 cm³/mol. The van der Waals surface area contributed by atoms with E-state index < -0.39 is 0 Å². The van der Waals surface area contributed by atoms with Crippen molar-refractivity contribution in [2.24, 2.45) is 5.41 Å². The molecule has 2 rings (SSSR count). The van der Waals surface area contributed by atoms with Crippen molar-refractivity contribution in [2.75, 3.05) is 5.73 Å². The quantitative estimate of drug-likeness (QED) is 0.778. The second-order valence-electron chi connectivity index (χ2n) is 4.43. The van der Waals surface area contributed by atoms with E-state index in [1.165, 1.54) is 11.3 Å². The average molecular weight is 196 g/mol. The highest BCUT2D eigenvalue weighted by atomic mass is 32.1. The number of nitrogen functional groups attached to an aromatic ring is 1. The van der Waals surface area contributed by atoms with Crippen LogP contribution in [-0.4, -0.2) is 6.04 Å². The van der Waals surface area contributed by atoms with Gasteiger partial charge >= 0.3 is 0 Å². The van der Waals surface area contributed by atoms with Gasteiger partial charge in [-0.05, 0) is 23.3 Å². The molecule has 13 heavy (non-hydrogen) atoms. The van der Waals surface area contributed by atoms with Gasteiger partial charge < -0.3 is 11.1 Å². The fourth-order valence-corrected chi connectivity index (χ4v) is 2.28. The molecule has 1 unspecified atom stereocenters. The van der Waals surface area contributed by atoms with Crippen molar-refractivity contribution in [3.05, 3.63) is 16.3 Å². The van der Waals surface area contributed by atoms with Crippen molar-refractivity contribution in [1.82, 2.24) is 5.32 Å². The lowest BCUT2D eigenvalue weighted by Gasteiger charge is -2.05. The van der Waals surface area contributed by atoms with Crippen molar-refractivity contribution in [3.8, 4) is 0 Å². The van der Waals surface area contributed by atoms with Crippen molar-refractivity contribution < 1.29 is 0 Å². The van der Waals surface area contributed by atoms with Gasteiger partial charge in [0.1, 0.15) is 0 Å². The molecule has 1 aromatic rings. The van der Waals surface area contributed by atoms with Crippen LogP contribution in [0.3, 0.4) is 0 Å². The Balaban J connectivity index is 1.85. The molecule has 1 heterocycles. The summed E-state index contributed by atoms with van der Waals surface area (Å²) in [5.74, 6) is 0. The molecule has 1 aliphatic rings. The molecule has 1 atom stereocenters. The lowest BCUT2D eigenvalue weighted by atomic mass is 10.2. The first-order valence-corrected chi connectivity index (χ1v) is 5.53. The van der Waals surface area contributed by atoms with Crippen LogP contribution in [0.1, 0.15) is 25.1 Å². The molecule has 1 fully saturated rings. The number of hydrogen-bond donors (Lipinski definition) is 2. The average Bonchev–Trinajstić information content (AvgIpc) is 2.47. The summed E-state index contributed by atoms with van der Waals surface area (Å²) in [5, 5.41) is 5.57. The van der Waals surface area contributed by atoms with Crippen LogP contribution >= 0.6 is 11.3 Å². The molecule has 2 nitrogen and oxygen atoms in total. The van der Waals surface area contributed by atoms with Crippen LogP contribution in [0.5, 0.6) is 0 Å². The summed E-state index contributed by atoms with van der Waals surface area (Å²) in [6.07, 6.45) is 1.29. The molecule has 0 radical (unpaired) electrons. The topological polar surface area (TPSA) is 38.0 Å². The summed E-state index contributed by atoms with van der Waals surface area (Å²) in [4.78, 5) is 1.27. The van der Waals surface area contributed by atoms with Crippen molar-refractivity contribution >= 4 is 17.0 Å². The molecule has 0 aliphatic heterocycles. The van der Waals surface area contributed by atoms with E-state index in [4.69, 9.17) is 5.73 Å². The van der Waals surface area contributed by atoms with Crippen LogP contribution in [0.15, 0.2) is 11.4 Å².